The summed E-state index contributed by atoms with van der Waals surface area (Å²) in [6, 6.07) is 9.38. The van der Waals surface area contributed by atoms with Crippen molar-refractivity contribution in [3.8, 4) is 0 Å². The van der Waals surface area contributed by atoms with Gasteiger partial charge in [0, 0.05) is 24.9 Å². The summed E-state index contributed by atoms with van der Waals surface area (Å²) < 4.78 is 0. The van der Waals surface area contributed by atoms with Crippen molar-refractivity contribution in [1.82, 2.24) is 4.90 Å². The first-order valence-corrected chi connectivity index (χ1v) is 6.95. The van der Waals surface area contributed by atoms with Crippen LogP contribution in [0.4, 0.5) is 0 Å². The lowest BCUT2D eigenvalue weighted by Crippen LogP contribution is -2.24. The number of allylic oxidation sites excluding steroid dienone is 3. The van der Waals surface area contributed by atoms with E-state index < -0.39 is 0 Å². The molecule has 1 fully saturated rings. The lowest BCUT2D eigenvalue weighted by Gasteiger charge is -2.25. The average Bonchev–Trinajstić information content (AvgIpc) is 2.47. The third-order valence-corrected chi connectivity index (χ3v) is 3.33. The van der Waals surface area contributed by atoms with Crippen molar-refractivity contribution < 1.29 is 4.79 Å². The van der Waals surface area contributed by atoms with E-state index in [4.69, 9.17) is 0 Å². The molecular weight excluding hydrogens is 234 g/mol. The van der Waals surface area contributed by atoms with Crippen molar-refractivity contribution in [3.63, 3.8) is 0 Å². The number of nitrogens with zero attached hydrogens (tertiary/aromatic N) is 1. The zero-order valence-electron chi connectivity index (χ0n) is 11.5. The summed E-state index contributed by atoms with van der Waals surface area (Å²) in [7, 11) is 0. The van der Waals surface area contributed by atoms with E-state index in [1.54, 1.807) is 6.08 Å². The number of hydrogen-bond acceptors (Lipinski definition) is 2. The molecule has 0 saturated carbocycles. The van der Waals surface area contributed by atoms with Gasteiger partial charge in [-0.25, -0.2) is 0 Å². The molecule has 2 nitrogen and oxygen atoms in total. The SMILES string of the molecule is CC(/C=C\C(=O)c1ccccc1)=C/N1CCCCC1. The molecule has 19 heavy (non-hydrogen) atoms. The van der Waals surface area contributed by atoms with Crippen LogP contribution in [0.1, 0.15) is 36.5 Å². The second-order valence-corrected chi connectivity index (χ2v) is 5.03. The van der Waals surface area contributed by atoms with Crippen LogP contribution < -0.4 is 0 Å². The molecule has 0 N–H and O–H groups in total. The number of carbonyl (C=O) groups excluding carboxylic acids is 1. The van der Waals surface area contributed by atoms with E-state index in [0.717, 1.165) is 24.2 Å². The third-order valence-electron chi connectivity index (χ3n) is 3.33. The van der Waals surface area contributed by atoms with Gasteiger partial charge in [0.15, 0.2) is 5.78 Å². The van der Waals surface area contributed by atoms with Crippen molar-refractivity contribution in [2.45, 2.75) is 26.2 Å². The molecule has 1 saturated heterocycles. The zero-order valence-corrected chi connectivity index (χ0v) is 11.5. The van der Waals surface area contributed by atoms with E-state index in [9.17, 15) is 4.79 Å². The highest BCUT2D eigenvalue weighted by molar-refractivity contribution is 6.04. The fourth-order valence-corrected chi connectivity index (χ4v) is 2.28. The van der Waals surface area contributed by atoms with Crippen LogP contribution in [0, 0.1) is 0 Å². The van der Waals surface area contributed by atoms with E-state index >= 15 is 0 Å². The highest BCUT2D eigenvalue weighted by Crippen LogP contribution is 2.11. The number of hydrogen-bond donors (Lipinski definition) is 0. The molecule has 100 valence electrons. The number of benzene rings is 1. The highest BCUT2D eigenvalue weighted by Gasteiger charge is 2.05. The molecule has 0 spiro atoms. The van der Waals surface area contributed by atoms with Crippen LogP contribution in [0.15, 0.2) is 54.3 Å². The van der Waals surface area contributed by atoms with Gasteiger partial charge in [-0.2, -0.15) is 0 Å². The van der Waals surface area contributed by atoms with Gasteiger partial charge in [0.2, 0.25) is 0 Å². The van der Waals surface area contributed by atoms with Gasteiger partial charge in [-0.15, -0.1) is 0 Å². The highest BCUT2D eigenvalue weighted by atomic mass is 16.1. The molecule has 1 aromatic carbocycles. The molecular formula is C17H21NO. The Balaban J connectivity index is 1.94. The van der Waals surface area contributed by atoms with Crippen LogP contribution in [0.2, 0.25) is 0 Å². The van der Waals surface area contributed by atoms with Crippen molar-refractivity contribution in [3.05, 3.63) is 59.8 Å². The number of rotatable bonds is 4. The minimum atomic E-state index is 0.0620. The molecule has 0 aromatic heterocycles. The number of carbonyl (C=O) groups is 1. The Kier molecular flexibility index (Phi) is 4.96. The molecule has 0 atom stereocenters. The molecule has 2 rings (SSSR count). The van der Waals surface area contributed by atoms with Crippen LogP contribution in [0.3, 0.4) is 0 Å². The summed E-state index contributed by atoms with van der Waals surface area (Å²) >= 11 is 0. The van der Waals surface area contributed by atoms with Gasteiger partial charge in [0.1, 0.15) is 0 Å². The van der Waals surface area contributed by atoms with E-state index in [-0.39, 0.29) is 5.78 Å². The summed E-state index contributed by atoms with van der Waals surface area (Å²) in [5, 5.41) is 0. The minimum Gasteiger partial charge on any atom is -0.377 e. The maximum Gasteiger partial charge on any atom is 0.185 e. The summed E-state index contributed by atoms with van der Waals surface area (Å²) in [6.45, 7) is 4.32. The van der Waals surface area contributed by atoms with Crippen molar-refractivity contribution in [2.24, 2.45) is 0 Å². The quantitative estimate of drug-likeness (QED) is 0.463. The van der Waals surface area contributed by atoms with Gasteiger partial charge in [0.25, 0.3) is 0 Å². The van der Waals surface area contributed by atoms with Gasteiger partial charge in [0.05, 0.1) is 0 Å². The Hall–Kier alpha value is -1.83. The molecule has 0 radical (unpaired) electrons. The number of piperidine rings is 1. The molecule has 0 amide bonds. The van der Waals surface area contributed by atoms with Crippen LogP contribution in [-0.4, -0.2) is 23.8 Å². The van der Waals surface area contributed by atoms with E-state index in [0.29, 0.717) is 0 Å². The van der Waals surface area contributed by atoms with Crippen molar-refractivity contribution >= 4 is 5.78 Å². The Labute approximate surface area is 115 Å². The largest absolute Gasteiger partial charge is 0.377 e. The monoisotopic (exact) mass is 255 g/mol. The zero-order chi connectivity index (χ0) is 13.5. The first-order chi connectivity index (χ1) is 9.25. The van der Waals surface area contributed by atoms with E-state index in [1.807, 2.05) is 43.3 Å². The molecule has 2 heteroatoms. The van der Waals surface area contributed by atoms with Gasteiger partial charge in [-0.3, -0.25) is 4.79 Å². The Morgan fingerprint density at radius 3 is 2.42 bits per heavy atom. The summed E-state index contributed by atoms with van der Waals surface area (Å²) in [6.07, 6.45) is 9.61. The summed E-state index contributed by atoms with van der Waals surface area (Å²) in [5.41, 5.74) is 1.87. The first kappa shape index (κ1) is 13.6. The van der Waals surface area contributed by atoms with Crippen LogP contribution in [0.5, 0.6) is 0 Å². The molecule has 1 aliphatic rings. The Bertz CT molecular complexity index is 467. The topological polar surface area (TPSA) is 20.3 Å². The Morgan fingerprint density at radius 1 is 1.05 bits per heavy atom. The maximum atomic E-state index is 11.9. The molecule has 0 bridgehead atoms. The predicted molar refractivity (Wildman–Crippen MR) is 79.1 cm³/mol. The van der Waals surface area contributed by atoms with Crippen LogP contribution in [0.25, 0.3) is 0 Å². The molecule has 1 heterocycles. The normalized spacial score (nSPS) is 16.9. The Morgan fingerprint density at radius 2 is 1.74 bits per heavy atom. The third kappa shape index (κ3) is 4.40. The minimum absolute atomic E-state index is 0.0620. The lowest BCUT2D eigenvalue weighted by molar-refractivity contribution is 0.104. The van der Waals surface area contributed by atoms with Crippen LogP contribution >= 0.6 is 0 Å². The van der Waals surface area contributed by atoms with Gasteiger partial charge < -0.3 is 4.90 Å². The molecule has 0 aliphatic carbocycles. The second kappa shape index (κ2) is 6.93. The van der Waals surface area contributed by atoms with E-state index in [2.05, 4.69) is 11.1 Å². The fourth-order valence-electron chi connectivity index (χ4n) is 2.28. The first-order valence-electron chi connectivity index (χ1n) is 6.95. The van der Waals surface area contributed by atoms with E-state index in [1.165, 1.54) is 19.3 Å². The predicted octanol–water partition coefficient (Wildman–Crippen LogP) is 3.82. The molecule has 0 unspecified atom stereocenters. The smallest absolute Gasteiger partial charge is 0.185 e. The molecule has 1 aromatic rings. The van der Waals surface area contributed by atoms with Crippen molar-refractivity contribution in [2.75, 3.05) is 13.1 Å². The second-order valence-electron chi connectivity index (χ2n) is 5.03. The summed E-state index contributed by atoms with van der Waals surface area (Å²) in [5.74, 6) is 0.0620. The molecule has 1 aliphatic heterocycles. The van der Waals surface area contributed by atoms with Crippen molar-refractivity contribution in [1.29, 1.82) is 0 Å². The van der Waals surface area contributed by atoms with Gasteiger partial charge >= 0.3 is 0 Å². The summed E-state index contributed by atoms with van der Waals surface area (Å²) in [4.78, 5) is 14.3. The number of likely N-dealkylation sites (tertiary alicyclic amines) is 1. The standard InChI is InChI=1S/C17H21NO/c1-15(14-18-12-6-3-7-13-18)10-11-17(19)16-8-4-2-5-9-16/h2,4-5,8-11,14H,3,6-7,12-13H2,1H3/b11-10-,15-14-. The number of ketones is 1. The van der Waals surface area contributed by atoms with Gasteiger partial charge in [-0.1, -0.05) is 36.4 Å². The average molecular weight is 255 g/mol. The fraction of sp³-hybridized carbons (Fsp3) is 0.353. The van der Waals surface area contributed by atoms with Crippen LogP contribution in [-0.2, 0) is 0 Å². The lowest BCUT2D eigenvalue weighted by atomic mass is 10.1. The van der Waals surface area contributed by atoms with Gasteiger partial charge in [-0.05, 0) is 37.8 Å². The maximum absolute atomic E-state index is 11.9.